The molecule has 2 saturated heterocycles. The summed E-state index contributed by atoms with van der Waals surface area (Å²) in [4.78, 5) is 29.8. The lowest BCUT2D eigenvalue weighted by atomic mass is 9.94. The minimum Gasteiger partial charge on any atom is -0.497 e. The lowest BCUT2D eigenvalue weighted by Crippen LogP contribution is -2.44. The van der Waals surface area contributed by atoms with Crippen molar-refractivity contribution in [3.8, 4) is 5.75 Å². The molecule has 0 saturated carbocycles. The number of rotatable bonds is 3. The first kappa shape index (κ1) is 19.8. The summed E-state index contributed by atoms with van der Waals surface area (Å²) < 4.78 is 11.2. The highest BCUT2D eigenvalue weighted by Crippen LogP contribution is 2.30. The maximum Gasteiger partial charge on any atom is 0.289 e. The molecule has 0 bridgehead atoms. The molecular formula is C23H30N2O4. The van der Waals surface area contributed by atoms with Gasteiger partial charge >= 0.3 is 0 Å². The predicted octanol–water partition coefficient (Wildman–Crippen LogP) is 4.00. The average Bonchev–Trinajstić information content (AvgIpc) is 2.93. The van der Waals surface area contributed by atoms with Gasteiger partial charge in [0, 0.05) is 43.0 Å². The van der Waals surface area contributed by atoms with Gasteiger partial charge in [-0.25, -0.2) is 0 Å². The quantitative estimate of drug-likeness (QED) is 0.784. The molecule has 2 aliphatic heterocycles. The van der Waals surface area contributed by atoms with Crippen LogP contribution < -0.4 is 4.74 Å². The second-order valence-electron chi connectivity index (χ2n) is 8.22. The number of likely N-dealkylation sites (tertiary alicyclic amines) is 2. The lowest BCUT2D eigenvalue weighted by molar-refractivity contribution is -0.136. The number of carbonyl (C=O) groups excluding carboxylic acids is 2. The number of ether oxygens (including phenoxy) is 1. The molecule has 6 nitrogen and oxygen atoms in total. The number of fused-ring (bicyclic) bond motifs is 1. The third-order valence-electron chi connectivity index (χ3n) is 6.39. The summed E-state index contributed by atoms with van der Waals surface area (Å²) in [5.74, 6) is 1.38. The van der Waals surface area contributed by atoms with Crippen LogP contribution in [0.25, 0.3) is 11.0 Å². The van der Waals surface area contributed by atoms with Crippen molar-refractivity contribution in [2.75, 3.05) is 33.3 Å². The number of hydrogen-bond acceptors (Lipinski definition) is 4. The fraction of sp³-hybridized carbons (Fsp3) is 0.565. The Morgan fingerprint density at radius 1 is 1.00 bits per heavy atom. The SMILES string of the molecule is COc1ccc2oc(C(=O)N3CCC(C(=O)N4CCCCCC4)CC3)c(C)c2c1. The Morgan fingerprint density at radius 2 is 1.69 bits per heavy atom. The van der Waals surface area contributed by atoms with Crippen LogP contribution >= 0.6 is 0 Å². The van der Waals surface area contributed by atoms with Crippen molar-refractivity contribution in [1.82, 2.24) is 9.80 Å². The minimum atomic E-state index is -0.0849. The molecule has 0 unspecified atom stereocenters. The molecule has 0 radical (unpaired) electrons. The van der Waals surface area contributed by atoms with E-state index in [0.717, 1.165) is 55.5 Å². The van der Waals surface area contributed by atoms with Crippen molar-refractivity contribution in [3.63, 3.8) is 0 Å². The van der Waals surface area contributed by atoms with E-state index in [1.54, 1.807) is 7.11 Å². The van der Waals surface area contributed by atoms with Crippen LogP contribution in [0.3, 0.4) is 0 Å². The number of furan rings is 1. The van der Waals surface area contributed by atoms with Crippen molar-refractivity contribution in [2.45, 2.75) is 45.4 Å². The van der Waals surface area contributed by atoms with Gasteiger partial charge in [-0.15, -0.1) is 0 Å². The molecular weight excluding hydrogens is 368 g/mol. The maximum atomic E-state index is 13.1. The van der Waals surface area contributed by atoms with Crippen LogP contribution in [0.4, 0.5) is 0 Å². The van der Waals surface area contributed by atoms with Crippen LogP contribution in [0.5, 0.6) is 5.75 Å². The fourth-order valence-electron chi connectivity index (χ4n) is 4.55. The Kier molecular flexibility index (Phi) is 5.79. The molecule has 29 heavy (non-hydrogen) atoms. The van der Waals surface area contributed by atoms with Gasteiger partial charge in [-0.1, -0.05) is 12.8 Å². The highest BCUT2D eigenvalue weighted by atomic mass is 16.5. The van der Waals surface area contributed by atoms with Crippen LogP contribution in [-0.4, -0.2) is 54.9 Å². The molecule has 3 heterocycles. The number of methoxy groups -OCH3 is 1. The summed E-state index contributed by atoms with van der Waals surface area (Å²) in [5, 5.41) is 0.902. The van der Waals surface area contributed by atoms with E-state index in [2.05, 4.69) is 0 Å². The van der Waals surface area contributed by atoms with E-state index in [0.29, 0.717) is 24.4 Å². The zero-order chi connectivity index (χ0) is 20.4. The van der Waals surface area contributed by atoms with Gasteiger partial charge < -0.3 is 19.0 Å². The molecule has 2 amide bonds. The van der Waals surface area contributed by atoms with Gasteiger partial charge in [0.05, 0.1) is 7.11 Å². The molecule has 0 N–H and O–H groups in total. The highest BCUT2D eigenvalue weighted by molar-refractivity contribution is 5.99. The maximum absolute atomic E-state index is 13.1. The Hall–Kier alpha value is -2.50. The topological polar surface area (TPSA) is 63.0 Å². The first-order chi connectivity index (χ1) is 14.1. The van der Waals surface area contributed by atoms with E-state index in [9.17, 15) is 9.59 Å². The summed E-state index contributed by atoms with van der Waals surface area (Å²) in [7, 11) is 1.62. The Morgan fingerprint density at radius 3 is 2.34 bits per heavy atom. The molecule has 2 aromatic rings. The summed E-state index contributed by atoms with van der Waals surface area (Å²) in [5.41, 5.74) is 1.53. The Labute approximate surface area is 171 Å². The average molecular weight is 399 g/mol. The standard InChI is InChI=1S/C23H30N2O4/c1-16-19-15-18(28-2)7-8-20(19)29-21(16)23(27)25-13-9-17(10-14-25)22(26)24-11-5-3-4-6-12-24/h7-8,15,17H,3-6,9-14H2,1-2H3. The number of aryl methyl sites for hydroxylation is 1. The highest BCUT2D eigenvalue weighted by Gasteiger charge is 2.32. The van der Waals surface area contributed by atoms with Gasteiger partial charge in [0.25, 0.3) is 5.91 Å². The third-order valence-corrected chi connectivity index (χ3v) is 6.39. The van der Waals surface area contributed by atoms with E-state index in [1.165, 1.54) is 12.8 Å². The summed E-state index contributed by atoms with van der Waals surface area (Å²) in [6, 6.07) is 5.57. The largest absolute Gasteiger partial charge is 0.497 e. The van der Waals surface area contributed by atoms with E-state index in [1.807, 2.05) is 34.9 Å². The van der Waals surface area contributed by atoms with E-state index < -0.39 is 0 Å². The van der Waals surface area contributed by atoms with Crippen LogP contribution in [0.2, 0.25) is 0 Å². The summed E-state index contributed by atoms with van der Waals surface area (Å²) >= 11 is 0. The van der Waals surface area contributed by atoms with Gasteiger partial charge in [-0.05, 0) is 50.8 Å². The van der Waals surface area contributed by atoms with Gasteiger partial charge in [-0.3, -0.25) is 9.59 Å². The van der Waals surface area contributed by atoms with Gasteiger partial charge in [0.1, 0.15) is 11.3 Å². The van der Waals surface area contributed by atoms with Crippen LogP contribution in [-0.2, 0) is 4.79 Å². The molecule has 1 aromatic carbocycles. The first-order valence-corrected chi connectivity index (χ1v) is 10.7. The number of piperidine rings is 1. The summed E-state index contributed by atoms with van der Waals surface area (Å²) in [6.45, 7) is 4.89. The molecule has 156 valence electrons. The number of carbonyl (C=O) groups is 2. The number of benzene rings is 1. The van der Waals surface area contributed by atoms with Crippen LogP contribution in [0.1, 0.15) is 54.6 Å². The lowest BCUT2D eigenvalue weighted by Gasteiger charge is -2.33. The normalized spacial score (nSPS) is 18.7. The molecule has 1 aromatic heterocycles. The Balaban J connectivity index is 1.42. The van der Waals surface area contributed by atoms with Gasteiger partial charge in [0.2, 0.25) is 5.91 Å². The molecule has 2 aliphatic rings. The number of hydrogen-bond donors (Lipinski definition) is 0. The monoisotopic (exact) mass is 398 g/mol. The van der Waals surface area contributed by atoms with Crippen LogP contribution in [0, 0.1) is 12.8 Å². The number of amides is 2. The second kappa shape index (κ2) is 8.47. The van der Waals surface area contributed by atoms with Crippen molar-refractivity contribution in [1.29, 1.82) is 0 Å². The van der Waals surface area contributed by atoms with Crippen molar-refractivity contribution in [3.05, 3.63) is 29.5 Å². The van der Waals surface area contributed by atoms with Gasteiger partial charge in [0.15, 0.2) is 5.76 Å². The van der Waals surface area contributed by atoms with Gasteiger partial charge in [-0.2, -0.15) is 0 Å². The summed E-state index contributed by atoms with van der Waals surface area (Å²) in [6.07, 6.45) is 6.12. The van der Waals surface area contributed by atoms with E-state index in [-0.39, 0.29) is 17.7 Å². The van der Waals surface area contributed by atoms with Crippen molar-refractivity contribution in [2.24, 2.45) is 5.92 Å². The molecule has 6 heteroatoms. The second-order valence-corrected chi connectivity index (χ2v) is 8.22. The molecule has 0 aliphatic carbocycles. The minimum absolute atomic E-state index is 0.0400. The predicted molar refractivity (Wildman–Crippen MR) is 111 cm³/mol. The zero-order valence-electron chi connectivity index (χ0n) is 17.4. The van der Waals surface area contributed by atoms with Crippen LogP contribution in [0.15, 0.2) is 22.6 Å². The van der Waals surface area contributed by atoms with Crippen molar-refractivity contribution >= 4 is 22.8 Å². The Bertz CT molecular complexity index is 888. The van der Waals surface area contributed by atoms with Crippen molar-refractivity contribution < 1.29 is 18.7 Å². The van der Waals surface area contributed by atoms with E-state index in [4.69, 9.17) is 9.15 Å². The molecule has 2 fully saturated rings. The number of nitrogens with zero attached hydrogens (tertiary/aromatic N) is 2. The zero-order valence-corrected chi connectivity index (χ0v) is 17.4. The smallest absolute Gasteiger partial charge is 0.289 e. The fourth-order valence-corrected chi connectivity index (χ4v) is 4.55. The molecule has 0 spiro atoms. The van der Waals surface area contributed by atoms with E-state index >= 15 is 0 Å². The molecule has 0 atom stereocenters. The molecule has 4 rings (SSSR count). The first-order valence-electron chi connectivity index (χ1n) is 10.7. The third kappa shape index (κ3) is 3.98.